The van der Waals surface area contributed by atoms with Crippen LogP contribution in [0.1, 0.15) is 29.5 Å². The van der Waals surface area contributed by atoms with Crippen molar-refractivity contribution in [2.75, 3.05) is 45.0 Å². The molecule has 1 fully saturated rings. The Morgan fingerprint density at radius 2 is 1.64 bits per heavy atom. The lowest BCUT2D eigenvalue weighted by Crippen LogP contribution is -2.47. The second-order valence-corrected chi connectivity index (χ2v) is 10.0. The molecule has 7 heteroatoms. The van der Waals surface area contributed by atoms with Crippen molar-refractivity contribution in [1.82, 2.24) is 10.2 Å². The third kappa shape index (κ3) is 3.01. The van der Waals surface area contributed by atoms with E-state index in [9.17, 15) is 4.79 Å². The maximum absolute atomic E-state index is 12.3. The molecule has 4 aliphatic rings. The number of ether oxygens (including phenoxy) is 3. The number of carbonyl (C=O) groups excluding carboxylic acids is 1. The molecule has 2 amide bonds. The number of nitrogens with zero attached hydrogens (tertiary/aromatic N) is 2. The number of para-hydroxylation sites is 2. The first kappa shape index (κ1) is 21.4. The van der Waals surface area contributed by atoms with E-state index in [0.29, 0.717) is 12.5 Å². The molecule has 1 unspecified atom stereocenters. The van der Waals surface area contributed by atoms with Crippen LogP contribution < -0.4 is 24.4 Å². The SMILES string of the molecule is CNC(=O)N1CCCC(CN2c3ccccc3C3(COc4cc5c(cc43)OCO5)c3ccccc32)C1. The highest BCUT2D eigenvalue weighted by Crippen LogP contribution is 2.58. The fraction of sp³-hybridized carbons (Fsp3) is 0.345. The topological polar surface area (TPSA) is 63.3 Å². The normalized spacial score (nSPS) is 20.4. The Balaban J connectivity index is 1.34. The zero-order chi connectivity index (χ0) is 24.3. The predicted molar refractivity (Wildman–Crippen MR) is 137 cm³/mol. The molecule has 36 heavy (non-hydrogen) atoms. The summed E-state index contributed by atoms with van der Waals surface area (Å²) in [7, 11) is 1.70. The van der Waals surface area contributed by atoms with Crippen LogP contribution in [-0.4, -0.2) is 51.0 Å². The number of piperidine rings is 1. The first-order valence-corrected chi connectivity index (χ1v) is 12.7. The van der Waals surface area contributed by atoms with Gasteiger partial charge in [-0.05, 0) is 48.1 Å². The van der Waals surface area contributed by atoms with Crippen LogP contribution >= 0.6 is 0 Å². The van der Waals surface area contributed by atoms with E-state index in [2.05, 4.69) is 64.8 Å². The van der Waals surface area contributed by atoms with E-state index in [1.807, 2.05) is 11.0 Å². The first-order chi connectivity index (χ1) is 17.7. The molecule has 3 aromatic rings. The van der Waals surface area contributed by atoms with Crippen molar-refractivity contribution < 1.29 is 19.0 Å². The van der Waals surface area contributed by atoms with Crippen molar-refractivity contribution in [1.29, 1.82) is 0 Å². The van der Waals surface area contributed by atoms with Crippen LogP contribution in [0.4, 0.5) is 16.2 Å². The van der Waals surface area contributed by atoms with E-state index in [1.165, 1.54) is 22.5 Å². The molecule has 1 atom stereocenters. The van der Waals surface area contributed by atoms with Crippen LogP contribution in [0.3, 0.4) is 0 Å². The number of benzene rings is 3. The second-order valence-electron chi connectivity index (χ2n) is 10.0. The minimum atomic E-state index is -0.430. The quantitative estimate of drug-likeness (QED) is 0.575. The third-order valence-electron chi connectivity index (χ3n) is 8.15. The molecule has 7 rings (SSSR count). The molecule has 0 aliphatic carbocycles. The Morgan fingerprint density at radius 1 is 0.944 bits per heavy atom. The van der Waals surface area contributed by atoms with Crippen molar-refractivity contribution in [2.24, 2.45) is 5.92 Å². The number of rotatable bonds is 2. The molecule has 0 saturated carbocycles. The molecule has 4 heterocycles. The number of amides is 2. The molecule has 0 bridgehead atoms. The zero-order valence-electron chi connectivity index (χ0n) is 20.3. The standard InChI is InChI=1S/C29H29N3O4/c1-30-28(33)31-12-6-7-19(15-31)16-32-23-10-4-2-8-20(23)29(21-9-3-5-11-24(21)32)17-34-25-14-27-26(13-22(25)29)35-18-36-27/h2-5,8-11,13-14,19H,6-7,12,15-18H2,1H3,(H,30,33). The molecule has 0 aromatic heterocycles. The lowest BCUT2D eigenvalue weighted by atomic mass is 9.67. The largest absolute Gasteiger partial charge is 0.491 e. The van der Waals surface area contributed by atoms with Gasteiger partial charge in [-0.3, -0.25) is 0 Å². The molecule has 1 N–H and O–H groups in total. The minimum Gasteiger partial charge on any atom is -0.491 e. The maximum Gasteiger partial charge on any atom is 0.317 e. The Hall–Kier alpha value is -3.87. The summed E-state index contributed by atoms with van der Waals surface area (Å²) in [4.78, 5) is 16.7. The van der Waals surface area contributed by atoms with Crippen molar-refractivity contribution in [3.63, 3.8) is 0 Å². The molecule has 184 valence electrons. The average molecular weight is 484 g/mol. The number of likely N-dealkylation sites (tertiary alicyclic amines) is 1. The van der Waals surface area contributed by atoms with E-state index in [4.69, 9.17) is 14.2 Å². The number of hydrogen-bond acceptors (Lipinski definition) is 5. The summed E-state index contributed by atoms with van der Waals surface area (Å²) in [5, 5.41) is 2.79. The fourth-order valence-corrected chi connectivity index (χ4v) is 6.51. The monoisotopic (exact) mass is 483 g/mol. The molecule has 7 nitrogen and oxygen atoms in total. The molecule has 1 saturated heterocycles. The molecule has 3 aromatic carbocycles. The van der Waals surface area contributed by atoms with Crippen LogP contribution in [-0.2, 0) is 5.41 Å². The van der Waals surface area contributed by atoms with Gasteiger partial charge in [0.05, 0.1) is 5.41 Å². The fourth-order valence-electron chi connectivity index (χ4n) is 6.51. The lowest BCUT2D eigenvalue weighted by molar-refractivity contribution is 0.169. The van der Waals surface area contributed by atoms with E-state index in [-0.39, 0.29) is 12.8 Å². The highest BCUT2D eigenvalue weighted by molar-refractivity contribution is 5.82. The number of hydrogen-bond donors (Lipinski definition) is 1. The van der Waals surface area contributed by atoms with E-state index < -0.39 is 5.41 Å². The predicted octanol–water partition coefficient (Wildman–Crippen LogP) is 4.65. The highest BCUT2D eigenvalue weighted by atomic mass is 16.7. The van der Waals surface area contributed by atoms with Crippen molar-refractivity contribution in [2.45, 2.75) is 18.3 Å². The van der Waals surface area contributed by atoms with Crippen molar-refractivity contribution in [3.8, 4) is 17.2 Å². The third-order valence-corrected chi connectivity index (χ3v) is 8.15. The lowest BCUT2D eigenvalue weighted by Gasteiger charge is -2.45. The molecule has 4 aliphatic heterocycles. The number of urea groups is 1. The Kier molecular flexibility index (Phi) is 4.81. The number of anilines is 2. The Bertz CT molecular complexity index is 1310. The van der Waals surface area contributed by atoms with Gasteiger partial charge in [-0.1, -0.05) is 36.4 Å². The van der Waals surface area contributed by atoms with Gasteiger partial charge >= 0.3 is 6.03 Å². The van der Waals surface area contributed by atoms with E-state index >= 15 is 0 Å². The van der Waals surface area contributed by atoms with Crippen LogP contribution in [0.15, 0.2) is 60.7 Å². The van der Waals surface area contributed by atoms with Gasteiger partial charge in [0.2, 0.25) is 6.79 Å². The number of carbonyl (C=O) groups is 1. The van der Waals surface area contributed by atoms with Gasteiger partial charge in [-0.2, -0.15) is 0 Å². The van der Waals surface area contributed by atoms with Gasteiger partial charge in [0, 0.05) is 49.7 Å². The second kappa shape index (κ2) is 8.08. The van der Waals surface area contributed by atoms with E-state index in [1.54, 1.807) is 7.05 Å². The maximum atomic E-state index is 12.3. The first-order valence-electron chi connectivity index (χ1n) is 12.7. The summed E-state index contributed by atoms with van der Waals surface area (Å²) in [5.74, 6) is 2.74. The summed E-state index contributed by atoms with van der Waals surface area (Å²) in [6, 6.07) is 21.5. The van der Waals surface area contributed by atoms with Gasteiger partial charge in [0.25, 0.3) is 0 Å². The smallest absolute Gasteiger partial charge is 0.317 e. The molecule has 0 radical (unpaired) electrons. The van der Waals surface area contributed by atoms with Gasteiger partial charge in [-0.15, -0.1) is 0 Å². The Labute approximate surface area is 210 Å². The molecular weight excluding hydrogens is 454 g/mol. The van der Waals surface area contributed by atoms with Crippen LogP contribution in [0.2, 0.25) is 0 Å². The highest BCUT2D eigenvalue weighted by Gasteiger charge is 2.51. The van der Waals surface area contributed by atoms with E-state index in [0.717, 1.165) is 55.3 Å². The number of nitrogens with one attached hydrogen (secondary N) is 1. The van der Waals surface area contributed by atoms with Crippen LogP contribution in [0.5, 0.6) is 17.2 Å². The summed E-state index contributed by atoms with van der Waals surface area (Å²) in [5.41, 5.74) is 5.56. The molecule has 1 spiro atoms. The summed E-state index contributed by atoms with van der Waals surface area (Å²) >= 11 is 0. The zero-order valence-corrected chi connectivity index (χ0v) is 20.3. The Morgan fingerprint density at radius 3 is 2.36 bits per heavy atom. The van der Waals surface area contributed by atoms with Gasteiger partial charge in [0.1, 0.15) is 12.4 Å². The van der Waals surface area contributed by atoms with Gasteiger partial charge in [-0.25, -0.2) is 4.79 Å². The van der Waals surface area contributed by atoms with Gasteiger partial charge < -0.3 is 29.3 Å². The van der Waals surface area contributed by atoms with Crippen molar-refractivity contribution in [3.05, 3.63) is 77.4 Å². The van der Waals surface area contributed by atoms with Crippen LogP contribution in [0, 0.1) is 5.92 Å². The van der Waals surface area contributed by atoms with Crippen LogP contribution in [0.25, 0.3) is 0 Å². The van der Waals surface area contributed by atoms with Gasteiger partial charge in [0.15, 0.2) is 11.5 Å². The number of fused-ring (bicyclic) bond motifs is 7. The van der Waals surface area contributed by atoms with Crippen molar-refractivity contribution >= 4 is 17.4 Å². The summed E-state index contributed by atoms with van der Waals surface area (Å²) < 4.78 is 17.8. The summed E-state index contributed by atoms with van der Waals surface area (Å²) in [6.45, 7) is 3.20. The average Bonchev–Trinajstić information content (AvgIpc) is 3.54. The minimum absolute atomic E-state index is 0.0107. The summed E-state index contributed by atoms with van der Waals surface area (Å²) in [6.07, 6.45) is 2.13. The molecular formula is C29H29N3O4.